The van der Waals surface area contributed by atoms with E-state index in [-0.39, 0.29) is 36.7 Å². The van der Waals surface area contributed by atoms with E-state index in [0.717, 1.165) is 13.0 Å². The zero-order valence-corrected chi connectivity index (χ0v) is 19.0. The molecule has 9 N–H and O–H groups in total. The second kappa shape index (κ2) is 13.5. The molecule has 1 fully saturated rings. The van der Waals surface area contributed by atoms with E-state index in [1.807, 2.05) is 13.8 Å². The van der Waals surface area contributed by atoms with E-state index in [2.05, 4.69) is 26.6 Å². The van der Waals surface area contributed by atoms with Crippen LogP contribution < -0.4 is 32.3 Å². The lowest BCUT2D eigenvalue weighted by Gasteiger charge is -2.24. The maximum absolute atomic E-state index is 12.8. The highest BCUT2D eigenvalue weighted by Crippen LogP contribution is 2.08. The summed E-state index contributed by atoms with van der Waals surface area (Å²) in [5, 5.41) is 30.0. The molecule has 1 aliphatic rings. The molecule has 0 radical (unpaired) electrons. The van der Waals surface area contributed by atoms with E-state index in [9.17, 15) is 24.3 Å². The summed E-state index contributed by atoms with van der Waals surface area (Å²) in [5.74, 6) is -2.77. The first-order valence-electron chi connectivity index (χ1n) is 11.0. The monoisotopic (exact) mass is 455 g/mol. The summed E-state index contributed by atoms with van der Waals surface area (Å²) in [6, 6.07) is -3.30. The number of nitrogens with one attached hydrogen (secondary N) is 6. The molecular weight excluding hydrogens is 418 g/mol. The van der Waals surface area contributed by atoms with Crippen molar-refractivity contribution in [3.8, 4) is 0 Å². The van der Waals surface area contributed by atoms with Crippen LogP contribution in [0.1, 0.15) is 52.9 Å². The molecule has 1 rings (SSSR count). The fourth-order valence-corrected chi connectivity index (χ4v) is 3.35. The van der Waals surface area contributed by atoms with Crippen molar-refractivity contribution in [2.75, 3.05) is 13.1 Å². The lowest BCUT2D eigenvalue weighted by atomic mass is 10.0. The van der Waals surface area contributed by atoms with Gasteiger partial charge in [-0.25, -0.2) is 4.79 Å². The number of nitrogens with two attached hydrogens (primary N) is 1. The topological polar surface area (TPSA) is 199 Å². The van der Waals surface area contributed by atoms with Gasteiger partial charge < -0.3 is 37.4 Å². The van der Waals surface area contributed by atoms with Crippen LogP contribution in [0.5, 0.6) is 0 Å². The lowest BCUT2D eigenvalue weighted by molar-refractivity contribution is -0.142. The Hall–Kier alpha value is -2.89. The summed E-state index contributed by atoms with van der Waals surface area (Å²) in [5.41, 5.74) is 5.25. The Labute approximate surface area is 188 Å². The number of hydrogen-bond acceptors (Lipinski definition) is 6. The van der Waals surface area contributed by atoms with Gasteiger partial charge in [0.05, 0.1) is 6.04 Å². The maximum Gasteiger partial charge on any atom is 0.326 e. The summed E-state index contributed by atoms with van der Waals surface area (Å²) in [6.45, 7) is 6.27. The van der Waals surface area contributed by atoms with Crippen LogP contribution in [0.3, 0.4) is 0 Å². The molecule has 0 bridgehead atoms. The molecule has 3 amide bonds. The maximum atomic E-state index is 12.8. The fourth-order valence-electron chi connectivity index (χ4n) is 3.35. The molecule has 12 nitrogen and oxygen atoms in total. The highest BCUT2D eigenvalue weighted by molar-refractivity contribution is 5.94. The van der Waals surface area contributed by atoms with Crippen LogP contribution in [0.2, 0.25) is 0 Å². The first-order chi connectivity index (χ1) is 15.0. The van der Waals surface area contributed by atoms with Gasteiger partial charge in [0.25, 0.3) is 0 Å². The fraction of sp³-hybridized carbons (Fsp3) is 0.750. The number of hydrogen-bond donors (Lipinski definition) is 8. The number of aliphatic carboxylic acids is 1. The van der Waals surface area contributed by atoms with Crippen LogP contribution in [0.25, 0.3) is 0 Å². The average molecular weight is 456 g/mol. The number of carboxylic acid groups (broad SMARTS) is 1. The minimum atomic E-state index is -1.15. The van der Waals surface area contributed by atoms with Crippen molar-refractivity contribution in [2.45, 2.75) is 77.0 Å². The highest BCUT2D eigenvalue weighted by atomic mass is 16.4. The Morgan fingerprint density at radius 2 is 1.75 bits per heavy atom. The third-order valence-electron chi connectivity index (χ3n) is 5.07. The van der Waals surface area contributed by atoms with E-state index < -0.39 is 35.9 Å². The first kappa shape index (κ1) is 27.1. The molecule has 32 heavy (non-hydrogen) atoms. The minimum absolute atomic E-state index is 0.0450. The minimum Gasteiger partial charge on any atom is -0.480 e. The zero-order valence-electron chi connectivity index (χ0n) is 19.0. The number of rotatable bonds is 13. The molecule has 1 heterocycles. The second-order valence-electron chi connectivity index (χ2n) is 8.45. The third kappa shape index (κ3) is 9.94. The van der Waals surface area contributed by atoms with Crippen LogP contribution in [-0.4, -0.2) is 72.0 Å². The summed E-state index contributed by atoms with van der Waals surface area (Å²) in [4.78, 5) is 49.2. The van der Waals surface area contributed by atoms with E-state index in [1.54, 1.807) is 0 Å². The normalized spacial score (nSPS) is 18.3. The van der Waals surface area contributed by atoms with Gasteiger partial charge in [-0.3, -0.25) is 19.8 Å². The van der Waals surface area contributed by atoms with Gasteiger partial charge in [-0.15, -0.1) is 0 Å². The number of carbonyl (C=O) groups excluding carboxylic acids is 3. The zero-order chi connectivity index (χ0) is 24.3. The molecular formula is C20H37N7O5. The Kier molecular flexibility index (Phi) is 11.5. The summed E-state index contributed by atoms with van der Waals surface area (Å²) in [6.07, 6.45) is 2.41. The van der Waals surface area contributed by atoms with Crippen molar-refractivity contribution >= 4 is 29.7 Å². The molecule has 0 aliphatic carbocycles. The molecule has 0 unspecified atom stereocenters. The molecule has 1 saturated heterocycles. The number of carbonyl (C=O) groups is 4. The van der Waals surface area contributed by atoms with Gasteiger partial charge in [0, 0.05) is 6.54 Å². The van der Waals surface area contributed by atoms with Gasteiger partial charge in [0.1, 0.15) is 18.1 Å². The Morgan fingerprint density at radius 1 is 1.09 bits per heavy atom. The summed E-state index contributed by atoms with van der Waals surface area (Å²) < 4.78 is 0. The molecule has 182 valence electrons. The van der Waals surface area contributed by atoms with Gasteiger partial charge >= 0.3 is 5.97 Å². The van der Waals surface area contributed by atoms with E-state index in [4.69, 9.17) is 11.1 Å². The molecule has 0 aromatic carbocycles. The molecule has 0 aromatic rings. The number of amides is 3. The summed E-state index contributed by atoms with van der Waals surface area (Å²) >= 11 is 0. The van der Waals surface area contributed by atoms with Crippen molar-refractivity contribution in [1.29, 1.82) is 5.41 Å². The lowest BCUT2D eigenvalue weighted by Crippen LogP contribution is -2.56. The van der Waals surface area contributed by atoms with Crippen molar-refractivity contribution in [1.82, 2.24) is 26.6 Å². The molecule has 0 spiro atoms. The summed E-state index contributed by atoms with van der Waals surface area (Å²) in [7, 11) is 0. The van der Waals surface area contributed by atoms with Crippen LogP contribution in [0.4, 0.5) is 0 Å². The second-order valence-corrected chi connectivity index (χ2v) is 8.45. The predicted molar refractivity (Wildman–Crippen MR) is 119 cm³/mol. The quantitative estimate of drug-likeness (QED) is 0.0942. The highest BCUT2D eigenvalue weighted by Gasteiger charge is 2.29. The van der Waals surface area contributed by atoms with Gasteiger partial charge in [-0.05, 0) is 51.5 Å². The SMILES string of the molecule is CC(C)C[C@H](NC(=O)[C@H](CCCNC(=N)N)NC(=O)[C@H](C)NC(=O)[C@@H]1CCCN1)C(=O)O. The van der Waals surface area contributed by atoms with Crippen molar-refractivity contribution in [3.05, 3.63) is 0 Å². The van der Waals surface area contributed by atoms with Crippen molar-refractivity contribution in [2.24, 2.45) is 11.7 Å². The third-order valence-corrected chi connectivity index (χ3v) is 5.07. The van der Waals surface area contributed by atoms with Crippen molar-refractivity contribution < 1.29 is 24.3 Å². The average Bonchev–Trinajstić information content (AvgIpc) is 3.23. The molecule has 0 saturated carbocycles. The van der Waals surface area contributed by atoms with E-state index in [0.29, 0.717) is 19.4 Å². The van der Waals surface area contributed by atoms with Crippen molar-refractivity contribution in [3.63, 3.8) is 0 Å². The molecule has 0 aromatic heterocycles. The van der Waals surface area contributed by atoms with Gasteiger partial charge in [-0.1, -0.05) is 13.8 Å². The Balaban J connectivity index is 2.76. The molecule has 12 heteroatoms. The standard InChI is InChI=1S/C20H37N7O5/c1-11(2)10-15(19(31)32)27-18(30)14(7-5-9-24-20(21)22)26-16(28)12(3)25-17(29)13-6-4-8-23-13/h11-15,23H,4-10H2,1-3H3,(H,25,29)(H,26,28)(H,27,30)(H,31,32)(H4,21,22,24)/t12-,13-,14-,15-/m0/s1. The number of guanidine groups is 1. The van der Waals surface area contributed by atoms with Gasteiger partial charge in [-0.2, -0.15) is 0 Å². The van der Waals surface area contributed by atoms with E-state index >= 15 is 0 Å². The van der Waals surface area contributed by atoms with Gasteiger partial charge in [0.15, 0.2) is 5.96 Å². The first-order valence-corrected chi connectivity index (χ1v) is 11.0. The van der Waals surface area contributed by atoms with Crippen LogP contribution in [0.15, 0.2) is 0 Å². The molecule has 1 aliphatic heterocycles. The Morgan fingerprint density at radius 3 is 2.28 bits per heavy atom. The van der Waals surface area contributed by atoms with Crippen LogP contribution in [0, 0.1) is 11.3 Å². The molecule has 4 atom stereocenters. The largest absolute Gasteiger partial charge is 0.480 e. The Bertz CT molecular complexity index is 679. The smallest absolute Gasteiger partial charge is 0.326 e. The van der Waals surface area contributed by atoms with Crippen LogP contribution >= 0.6 is 0 Å². The van der Waals surface area contributed by atoms with E-state index in [1.165, 1.54) is 6.92 Å². The van der Waals surface area contributed by atoms with Gasteiger partial charge in [0.2, 0.25) is 17.7 Å². The number of carboxylic acids is 1. The van der Waals surface area contributed by atoms with Crippen LogP contribution in [-0.2, 0) is 19.2 Å². The predicted octanol–water partition coefficient (Wildman–Crippen LogP) is -1.39.